The van der Waals surface area contributed by atoms with Gasteiger partial charge >= 0.3 is 0 Å². The molecule has 0 aromatic carbocycles. The lowest BCUT2D eigenvalue weighted by Gasteiger charge is -2.21. The lowest BCUT2D eigenvalue weighted by molar-refractivity contribution is -0.121. The maximum atomic E-state index is 11.7. The molecule has 1 fully saturated rings. The van der Waals surface area contributed by atoms with Gasteiger partial charge in [0.15, 0.2) is 0 Å². The van der Waals surface area contributed by atoms with Crippen molar-refractivity contribution in [2.45, 2.75) is 31.6 Å². The summed E-state index contributed by atoms with van der Waals surface area (Å²) in [5.74, 6) is 0.358. The summed E-state index contributed by atoms with van der Waals surface area (Å²) in [5.41, 5.74) is 0.778. The molecule has 1 aromatic heterocycles. The number of hydrogen-bond donors (Lipinski definition) is 0. The molecule has 0 radical (unpaired) electrons. The summed E-state index contributed by atoms with van der Waals surface area (Å²) in [7, 11) is 1.90. The van der Waals surface area contributed by atoms with Gasteiger partial charge in [-0.2, -0.15) is 5.10 Å². The zero-order valence-corrected chi connectivity index (χ0v) is 8.08. The molecule has 0 saturated heterocycles. The van der Waals surface area contributed by atoms with Crippen LogP contribution in [0.25, 0.3) is 0 Å². The van der Waals surface area contributed by atoms with Crippen molar-refractivity contribution < 1.29 is 4.79 Å². The standard InChI is InChI=1S/C10H14N2O/c1-10(6-3-4-9(10)13)8-5-7-11-12(8)2/h5,7H,3-4,6H2,1-2H3. The van der Waals surface area contributed by atoms with Gasteiger partial charge in [0.25, 0.3) is 0 Å². The Hall–Kier alpha value is -1.12. The Morgan fingerprint density at radius 1 is 1.62 bits per heavy atom. The van der Waals surface area contributed by atoms with E-state index in [1.54, 1.807) is 6.20 Å². The Morgan fingerprint density at radius 2 is 2.38 bits per heavy atom. The van der Waals surface area contributed by atoms with E-state index in [1.165, 1.54) is 0 Å². The quantitative estimate of drug-likeness (QED) is 0.652. The average Bonchev–Trinajstić information content (AvgIpc) is 2.62. The molecule has 13 heavy (non-hydrogen) atoms. The van der Waals surface area contributed by atoms with Gasteiger partial charge in [0.2, 0.25) is 0 Å². The monoisotopic (exact) mass is 178 g/mol. The van der Waals surface area contributed by atoms with E-state index in [2.05, 4.69) is 5.10 Å². The Bertz CT molecular complexity index is 342. The molecular weight excluding hydrogens is 164 g/mol. The van der Waals surface area contributed by atoms with E-state index < -0.39 is 0 Å². The van der Waals surface area contributed by atoms with Crippen LogP contribution in [0.3, 0.4) is 0 Å². The van der Waals surface area contributed by atoms with Crippen LogP contribution in [-0.4, -0.2) is 15.6 Å². The van der Waals surface area contributed by atoms with E-state index in [-0.39, 0.29) is 5.41 Å². The topological polar surface area (TPSA) is 34.9 Å². The number of hydrogen-bond acceptors (Lipinski definition) is 2. The number of ketones is 1. The van der Waals surface area contributed by atoms with E-state index in [9.17, 15) is 4.79 Å². The summed E-state index contributed by atoms with van der Waals surface area (Å²) in [5, 5.41) is 4.11. The largest absolute Gasteiger partial charge is 0.299 e. The van der Waals surface area contributed by atoms with Gasteiger partial charge < -0.3 is 0 Å². The first-order valence-corrected chi connectivity index (χ1v) is 4.66. The van der Waals surface area contributed by atoms with Crippen molar-refractivity contribution in [3.63, 3.8) is 0 Å². The van der Waals surface area contributed by atoms with Gasteiger partial charge in [0.05, 0.1) is 11.1 Å². The number of Topliss-reactive ketones (excluding diaryl/α,β-unsaturated/α-hetero) is 1. The molecule has 70 valence electrons. The third-order valence-electron chi connectivity index (χ3n) is 3.08. The maximum absolute atomic E-state index is 11.7. The van der Waals surface area contributed by atoms with Crippen LogP contribution in [0, 0.1) is 0 Å². The number of nitrogens with zero attached hydrogens (tertiary/aromatic N) is 2. The van der Waals surface area contributed by atoms with E-state index in [0.717, 1.165) is 25.0 Å². The highest BCUT2D eigenvalue weighted by molar-refractivity contribution is 5.91. The zero-order chi connectivity index (χ0) is 9.47. The van der Waals surface area contributed by atoms with Crippen molar-refractivity contribution in [2.75, 3.05) is 0 Å². The lowest BCUT2D eigenvalue weighted by Crippen LogP contribution is -2.29. The molecule has 1 saturated carbocycles. The normalized spacial score (nSPS) is 28.3. The summed E-state index contributed by atoms with van der Waals surface area (Å²) in [6.07, 6.45) is 4.46. The summed E-state index contributed by atoms with van der Waals surface area (Å²) < 4.78 is 1.81. The molecule has 0 aliphatic heterocycles. The first kappa shape index (κ1) is 8.48. The molecule has 0 bridgehead atoms. The Kier molecular flexibility index (Phi) is 1.75. The van der Waals surface area contributed by atoms with Crippen LogP contribution in [0.15, 0.2) is 12.3 Å². The highest BCUT2D eigenvalue weighted by Crippen LogP contribution is 2.37. The number of aryl methyl sites for hydroxylation is 1. The fraction of sp³-hybridized carbons (Fsp3) is 0.600. The molecule has 1 atom stereocenters. The molecule has 1 aromatic rings. The van der Waals surface area contributed by atoms with Gasteiger partial charge in [-0.25, -0.2) is 0 Å². The minimum Gasteiger partial charge on any atom is -0.299 e. The summed E-state index contributed by atoms with van der Waals surface area (Å²) in [6.45, 7) is 2.03. The van der Waals surface area contributed by atoms with Crippen molar-refractivity contribution in [1.82, 2.24) is 9.78 Å². The predicted molar refractivity (Wildman–Crippen MR) is 49.4 cm³/mol. The van der Waals surface area contributed by atoms with Crippen LogP contribution in [-0.2, 0) is 17.3 Å². The molecule has 0 spiro atoms. The second-order valence-electron chi connectivity index (χ2n) is 3.95. The van der Waals surface area contributed by atoms with Crippen LogP contribution in [0.1, 0.15) is 31.9 Å². The van der Waals surface area contributed by atoms with Crippen molar-refractivity contribution in [1.29, 1.82) is 0 Å². The molecule has 3 heteroatoms. The minimum absolute atomic E-state index is 0.273. The number of aromatic nitrogens is 2. The molecule has 1 heterocycles. The van der Waals surface area contributed by atoms with Gasteiger partial charge in [0, 0.05) is 19.7 Å². The number of carbonyl (C=O) groups is 1. The summed E-state index contributed by atoms with van der Waals surface area (Å²) in [6, 6.07) is 1.95. The average molecular weight is 178 g/mol. The van der Waals surface area contributed by atoms with E-state index >= 15 is 0 Å². The van der Waals surface area contributed by atoms with Crippen LogP contribution in [0.4, 0.5) is 0 Å². The molecule has 2 rings (SSSR count). The fourth-order valence-electron chi connectivity index (χ4n) is 2.20. The first-order chi connectivity index (χ1) is 6.14. The van der Waals surface area contributed by atoms with Gasteiger partial charge in [-0.05, 0) is 25.8 Å². The summed E-state index contributed by atoms with van der Waals surface area (Å²) in [4.78, 5) is 11.7. The van der Waals surface area contributed by atoms with E-state index in [0.29, 0.717) is 5.78 Å². The second kappa shape index (κ2) is 2.69. The lowest BCUT2D eigenvalue weighted by atomic mass is 9.84. The third kappa shape index (κ3) is 1.10. The molecule has 0 N–H and O–H groups in total. The molecule has 3 nitrogen and oxygen atoms in total. The van der Waals surface area contributed by atoms with Crippen molar-refractivity contribution in [3.8, 4) is 0 Å². The minimum atomic E-state index is -0.273. The number of carbonyl (C=O) groups excluding carboxylic acids is 1. The molecular formula is C10H14N2O. The number of rotatable bonds is 1. The molecule has 1 aliphatic carbocycles. The van der Waals surface area contributed by atoms with Gasteiger partial charge in [-0.1, -0.05) is 0 Å². The highest BCUT2D eigenvalue weighted by atomic mass is 16.1. The molecule has 1 aliphatic rings. The van der Waals surface area contributed by atoms with Crippen molar-refractivity contribution in [3.05, 3.63) is 18.0 Å². The fourth-order valence-corrected chi connectivity index (χ4v) is 2.20. The summed E-state index contributed by atoms with van der Waals surface area (Å²) >= 11 is 0. The van der Waals surface area contributed by atoms with E-state index in [4.69, 9.17) is 0 Å². The highest BCUT2D eigenvalue weighted by Gasteiger charge is 2.40. The molecule has 0 amide bonds. The smallest absolute Gasteiger partial charge is 0.144 e. The van der Waals surface area contributed by atoms with Crippen LogP contribution in [0.2, 0.25) is 0 Å². The third-order valence-corrected chi connectivity index (χ3v) is 3.08. The second-order valence-corrected chi connectivity index (χ2v) is 3.95. The first-order valence-electron chi connectivity index (χ1n) is 4.66. The maximum Gasteiger partial charge on any atom is 0.144 e. The SMILES string of the molecule is Cn1nccc1C1(C)CCCC1=O. The van der Waals surface area contributed by atoms with Crippen LogP contribution >= 0.6 is 0 Å². The van der Waals surface area contributed by atoms with Crippen molar-refractivity contribution in [2.24, 2.45) is 7.05 Å². The van der Waals surface area contributed by atoms with Gasteiger partial charge in [-0.3, -0.25) is 9.48 Å². The predicted octanol–water partition coefficient (Wildman–Crippen LogP) is 1.43. The molecule has 1 unspecified atom stereocenters. The Labute approximate surface area is 77.7 Å². The van der Waals surface area contributed by atoms with Crippen LogP contribution in [0.5, 0.6) is 0 Å². The van der Waals surface area contributed by atoms with Gasteiger partial charge in [-0.15, -0.1) is 0 Å². The Morgan fingerprint density at radius 3 is 2.85 bits per heavy atom. The van der Waals surface area contributed by atoms with E-state index in [1.807, 2.05) is 24.7 Å². The van der Waals surface area contributed by atoms with Crippen molar-refractivity contribution >= 4 is 5.78 Å². The van der Waals surface area contributed by atoms with Crippen LogP contribution < -0.4 is 0 Å². The zero-order valence-electron chi connectivity index (χ0n) is 8.08. The Balaban J connectivity index is 2.45. The van der Waals surface area contributed by atoms with Gasteiger partial charge in [0.1, 0.15) is 5.78 Å².